The Hall–Kier alpha value is -2.33. The average molecular weight is 353 g/mol. The number of methoxy groups -OCH3 is 1. The summed E-state index contributed by atoms with van der Waals surface area (Å²) < 4.78 is 5.26. The van der Waals surface area contributed by atoms with Crippen molar-refractivity contribution in [1.29, 1.82) is 0 Å². The Bertz CT molecular complexity index is 853. The fourth-order valence-electron chi connectivity index (χ4n) is 2.78. The van der Waals surface area contributed by atoms with E-state index in [4.69, 9.17) is 9.72 Å². The summed E-state index contributed by atoms with van der Waals surface area (Å²) in [5, 5.41) is 4.45. The summed E-state index contributed by atoms with van der Waals surface area (Å²) in [6.07, 6.45) is 2.14. The van der Waals surface area contributed by atoms with E-state index in [1.165, 1.54) is 16.0 Å². The lowest BCUT2D eigenvalue weighted by Crippen LogP contribution is -1.94. The summed E-state index contributed by atoms with van der Waals surface area (Å²) >= 11 is 1.74. The van der Waals surface area contributed by atoms with Crippen LogP contribution in [0.5, 0.6) is 5.75 Å². The second-order valence-corrected chi connectivity index (χ2v) is 7.23. The van der Waals surface area contributed by atoms with Crippen molar-refractivity contribution in [1.82, 2.24) is 4.98 Å². The van der Waals surface area contributed by atoms with Crippen molar-refractivity contribution in [3.05, 3.63) is 58.5 Å². The number of thiazole rings is 1. The minimum atomic E-state index is 0.866. The van der Waals surface area contributed by atoms with E-state index in [1.54, 1.807) is 18.4 Å². The van der Waals surface area contributed by atoms with Crippen LogP contribution in [0.4, 0.5) is 10.8 Å². The molecule has 3 rings (SSSR count). The molecule has 0 saturated heterocycles. The maximum Gasteiger partial charge on any atom is 0.187 e. The first-order valence-electron chi connectivity index (χ1n) is 8.59. The molecule has 0 atom stereocenters. The van der Waals surface area contributed by atoms with Crippen LogP contribution in [-0.2, 0) is 6.42 Å². The molecule has 0 fully saturated rings. The number of aromatic nitrogens is 1. The fourth-order valence-corrected chi connectivity index (χ4v) is 3.88. The molecule has 0 aliphatic heterocycles. The number of nitrogens with one attached hydrogen (secondary N) is 1. The normalized spacial score (nSPS) is 10.7. The number of aryl methyl sites for hydroxylation is 2. The number of ether oxygens (including phenoxy) is 1. The Morgan fingerprint density at radius 1 is 1.08 bits per heavy atom. The average Bonchev–Trinajstić information content (AvgIpc) is 3.02. The first kappa shape index (κ1) is 17.5. The Labute approximate surface area is 153 Å². The van der Waals surface area contributed by atoms with Gasteiger partial charge in [-0.2, -0.15) is 0 Å². The number of anilines is 2. The van der Waals surface area contributed by atoms with Crippen LogP contribution in [0.2, 0.25) is 0 Å². The highest BCUT2D eigenvalue weighted by atomic mass is 32.1. The van der Waals surface area contributed by atoms with Gasteiger partial charge in [-0.05, 0) is 61.7 Å². The molecule has 1 N–H and O–H groups in total. The van der Waals surface area contributed by atoms with Crippen molar-refractivity contribution >= 4 is 22.2 Å². The van der Waals surface area contributed by atoms with Gasteiger partial charge in [0.15, 0.2) is 5.13 Å². The van der Waals surface area contributed by atoms with Crippen LogP contribution in [0, 0.1) is 13.8 Å². The Morgan fingerprint density at radius 3 is 2.52 bits per heavy atom. The third-order valence-corrected chi connectivity index (χ3v) is 5.41. The van der Waals surface area contributed by atoms with Gasteiger partial charge in [0.05, 0.1) is 12.8 Å². The zero-order chi connectivity index (χ0) is 17.8. The van der Waals surface area contributed by atoms with E-state index in [0.29, 0.717) is 0 Å². The molecular formula is C21H24N2OS. The van der Waals surface area contributed by atoms with E-state index in [9.17, 15) is 0 Å². The summed E-state index contributed by atoms with van der Waals surface area (Å²) in [7, 11) is 1.69. The SMILES string of the molecule is CCCc1sc(Nc2cccc(C)c2C)nc1-c1ccc(OC)cc1. The maximum atomic E-state index is 5.26. The number of benzene rings is 2. The van der Waals surface area contributed by atoms with Crippen LogP contribution in [0.3, 0.4) is 0 Å². The second-order valence-electron chi connectivity index (χ2n) is 6.14. The molecule has 4 heteroatoms. The van der Waals surface area contributed by atoms with Crippen molar-refractivity contribution in [3.8, 4) is 17.0 Å². The van der Waals surface area contributed by atoms with Crippen molar-refractivity contribution < 1.29 is 4.74 Å². The van der Waals surface area contributed by atoms with Gasteiger partial charge in [-0.15, -0.1) is 11.3 Å². The first-order valence-corrected chi connectivity index (χ1v) is 9.41. The molecule has 0 bridgehead atoms. The van der Waals surface area contributed by atoms with Gasteiger partial charge >= 0.3 is 0 Å². The predicted octanol–water partition coefficient (Wildman–Crippen LogP) is 6.13. The zero-order valence-electron chi connectivity index (χ0n) is 15.2. The first-order chi connectivity index (χ1) is 12.1. The van der Waals surface area contributed by atoms with Gasteiger partial charge in [0.25, 0.3) is 0 Å². The number of rotatable bonds is 6. The van der Waals surface area contributed by atoms with Crippen LogP contribution in [0.25, 0.3) is 11.3 Å². The molecule has 1 heterocycles. The van der Waals surface area contributed by atoms with Gasteiger partial charge in [0, 0.05) is 16.1 Å². The summed E-state index contributed by atoms with van der Waals surface area (Å²) in [5.41, 5.74) is 5.88. The highest BCUT2D eigenvalue weighted by Crippen LogP contribution is 2.35. The highest BCUT2D eigenvalue weighted by Gasteiger charge is 2.14. The summed E-state index contributed by atoms with van der Waals surface area (Å²) in [4.78, 5) is 6.21. The molecule has 0 radical (unpaired) electrons. The van der Waals surface area contributed by atoms with E-state index in [1.807, 2.05) is 12.1 Å². The quantitative estimate of drug-likeness (QED) is 0.579. The van der Waals surface area contributed by atoms with Gasteiger partial charge in [-0.25, -0.2) is 4.98 Å². The van der Waals surface area contributed by atoms with E-state index >= 15 is 0 Å². The lowest BCUT2D eigenvalue weighted by Gasteiger charge is -2.08. The van der Waals surface area contributed by atoms with Gasteiger partial charge in [-0.1, -0.05) is 25.5 Å². The van der Waals surface area contributed by atoms with Crippen molar-refractivity contribution in [2.45, 2.75) is 33.6 Å². The molecule has 25 heavy (non-hydrogen) atoms. The van der Waals surface area contributed by atoms with Crippen molar-refractivity contribution in [3.63, 3.8) is 0 Å². The molecule has 0 unspecified atom stereocenters. The van der Waals surface area contributed by atoms with Gasteiger partial charge < -0.3 is 10.1 Å². The second kappa shape index (κ2) is 7.70. The predicted molar refractivity (Wildman–Crippen MR) is 107 cm³/mol. The molecule has 3 aromatic rings. The molecule has 130 valence electrons. The monoisotopic (exact) mass is 352 g/mol. The Kier molecular flexibility index (Phi) is 5.39. The topological polar surface area (TPSA) is 34.2 Å². The number of hydrogen-bond donors (Lipinski definition) is 1. The highest BCUT2D eigenvalue weighted by molar-refractivity contribution is 7.16. The molecule has 0 amide bonds. The van der Waals surface area contributed by atoms with Crippen LogP contribution in [0.15, 0.2) is 42.5 Å². The number of nitrogens with zero attached hydrogens (tertiary/aromatic N) is 1. The largest absolute Gasteiger partial charge is 0.497 e. The summed E-state index contributed by atoms with van der Waals surface area (Å²) in [6.45, 7) is 6.48. The third-order valence-electron chi connectivity index (χ3n) is 4.38. The Morgan fingerprint density at radius 2 is 1.84 bits per heavy atom. The lowest BCUT2D eigenvalue weighted by molar-refractivity contribution is 0.415. The Balaban J connectivity index is 1.94. The molecule has 0 spiro atoms. The van der Waals surface area contributed by atoms with Crippen LogP contribution < -0.4 is 10.1 Å². The van der Waals surface area contributed by atoms with E-state index in [0.717, 1.165) is 40.7 Å². The van der Waals surface area contributed by atoms with E-state index < -0.39 is 0 Å². The molecular weight excluding hydrogens is 328 g/mol. The summed E-state index contributed by atoms with van der Waals surface area (Å²) in [5.74, 6) is 0.866. The summed E-state index contributed by atoms with van der Waals surface area (Å²) in [6, 6.07) is 14.5. The molecule has 1 aromatic heterocycles. The van der Waals surface area contributed by atoms with Crippen molar-refractivity contribution in [2.24, 2.45) is 0 Å². The minimum Gasteiger partial charge on any atom is -0.497 e. The van der Waals surface area contributed by atoms with Gasteiger partial charge in [-0.3, -0.25) is 0 Å². The van der Waals surface area contributed by atoms with Crippen LogP contribution >= 0.6 is 11.3 Å². The molecule has 0 aliphatic carbocycles. The van der Waals surface area contributed by atoms with Crippen LogP contribution in [-0.4, -0.2) is 12.1 Å². The van der Waals surface area contributed by atoms with Crippen LogP contribution in [0.1, 0.15) is 29.3 Å². The zero-order valence-corrected chi connectivity index (χ0v) is 16.0. The molecule has 0 aliphatic rings. The van der Waals surface area contributed by atoms with Gasteiger partial charge in [0.2, 0.25) is 0 Å². The molecule has 0 saturated carbocycles. The number of hydrogen-bond acceptors (Lipinski definition) is 4. The lowest BCUT2D eigenvalue weighted by atomic mass is 10.1. The molecule has 3 nitrogen and oxygen atoms in total. The van der Waals surface area contributed by atoms with Crippen molar-refractivity contribution in [2.75, 3.05) is 12.4 Å². The maximum absolute atomic E-state index is 5.26. The van der Waals surface area contributed by atoms with E-state index in [2.05, 4.69) is 56.4 Å². The standard InChI is InChI=1S/C21H24N2OS/c1-5-7-19-20(16-10-12-17(24-4)13-11-16)23-21(25-19)22-18-9-6-8-14(2)15(18)3/h6,8-13H,5,7H2,1-4H3,(H,22,23). The molecule has 2 aromatic carbocycles. The minimum absolute atomic E-state index is 0.866. The van der Waals surface area contributed by atoms with E-state index in [-0.39, 0.29) is 0 Å². The third kappa shape index (κ3) is 3.85. The smallest absolute Gasteiger partial charge is 0.187 e. The fraction of sp³-hybridized carbons (Fsp3) is 0.286. The van der Waals surface area contributed by atoms with Gasteiger partial charge in [0.1, 0.15) is 5.75 Å².